The van der Waals surface area contributed by atoms with Gasteiger partial charge in [-0.05, 0) is 6.92 Å². The first-order valence-corrected chi connectivity index (χ1v) is 6.54. The summed E-state index contributed by atoms with van der Waals surface area (Å²) in [5.74, 6) is 0. The van der Waals surface area contributed by atoms with Gasteiger partial charge in [0.15, 0.2) is 5.13 Å². The average molecular weight is 240 g/mol. The number of thiazole rings is 1. The van der Waals surface area contributed by atoms with Crippen molar-refractivity contribution in [1.82, 2.24) is 15.2 Å². The Bertz CT molecular complexity index is 336. The molecule has 0 bridgehead atoms. The van der Waals surface area contributed by atoms with Crippen molar-refractivity contribution in [2.75, 3.05) is 38.6 Å². The highest BCUT2D eigenvalue weighted by Gasteiger charge is 2.16. The molecule has 0 saturated carbocycles. The van der Waals surface area contributed by atoms with Crippen molar-refractivity contribution >= 4 is 16.5 Å². The number of rotatable bonds is 3. The van der Waals surface area contributed by atoms with Crippen LogP contribution in [-0.2, 0) is 6.54 Å². The molecule has 1 aromatic heterocycles. The number of nitrogens with one attached hydrogen (secondary N) is 1. The van der Waals surface area contributed by atoms with E-state index < -0.39 is 0 Å². The highest BCUT2D eigenvalue weighted by molar-refractivity contribution is 7.15. The number of anilines is 1. The van der Waals surface area contributed by atoms with Gasteiger partial charge in [-0.3, -0.25) is 4.90 Å². The molecule has 1 N–H and O–H groups in total. The van der Waals surface area contributed by atoms with Crippen LogP contribution in [0.2, 0.25) is 0 Å². The third kappa shape index (κ3) is 2.93. The molecule has 0 spiro atoms. The van der Waals surface area contributed by atoms with Crippen LogP contribution in [0.1, 0.15) is 11.8 Å². The van der Waals surface area contributed by atoms with Gasteiger partial charge in [0.25, 0.3) is 0 Å². The maximum atomic E-state index is 4.40. The number of hydrogen-bond acceptors (Lipinski definition) is 5. The normalized spacial score (nSPS) is 22.3. The van der Waals surface area contributed by atoms with Crippen LogP contribution in [0.25, 0.3) is 0 Å². The molecule has 2 rings (SSSR count). The first kappa shape index (κ1) is 11.8. The Morgan fingerprint density at radius 1 is 1.62 bits per heavy atom. The maximum absolute atomic E-state index is 4.40. The van der Waals surface area contributed by atoms with Gasteiger partial charge in [-0.1, -0.05) is 0 Å². The standard InChI is InChI=1S/C11H20N4S/c1-9-7-15(5-4-12-9)8-10-6-13-11(16-10)14(2)3/h6,9,12H,4-5,7-8H2,1-3H3. The Balaban J connectivity index is 1.92. The molecular formula is C11H20N4S. The van der Waals surface area contributed by atoms with Crippen LogP contribution >= 0.6 is 11.3 Å². The molecule has 1 fully saturated rings. The fraction of sp³-hybridized carbons (Fsp3) is 0.727. The molecule has 0 aliphatic carbocycles. The number of nitrogens with zero attached hydrogens (tertiary/aromatic N) is 3. The molecule has 5 heteroatoms. The van der Waals surface area contributed by atoms with E-state index in [0.717, 1.165) is 31.3 Å². The lowest BCUT2D eigenvalue weighted by Gasteiger charge is -2.31. The summed E-state index contributed by atoms with van der Waals surface area (Å²) in [5, 5.41) is 4.55. The predicted molar refractivity (Wildman–Crippen MR) is 69.2 cm³/mol. The van der Waals surface area contributed by atoms with Crippen molar-refractivity contribution in [3.05, 3.63) is 11.1 Å². The maximum Gasteiger partial charge on any atom is 0.185 e. The lowest BCUT2D eigenvalue weighted by atomic mass is 10.2. The van der Waals surface area contributed by atoms with E-state index in [4.69, 9.17) is 0 Å². The van der Waals surface area contributed by atoms with Gasteiger partial charge in [0.2, 0.25) is 0 Å². The zero-order valence-corrected chi connectivity index (χ0v) is 11.0. The van der Waals surface area contributed by atoms with Crippen molar-refractivity contribution in [3.63, 3.8) is 0 Å². The molecule has 0 radical (unpaired) electrons. The molecule has 1 aliphatic rings. The van der Waals surface area contributed by atoms with Crippen molar-refractivity contribution in [2.24, 2.45) is 0 Å². The summed E-state index contributed by atoms with van der Waals surface area (Å²) in [7, 11) is 4.07. The molecule has 16 heavy (non-hydrogen) atoms. The Hall–Kier alpha value is -0.650. The lowest BCUT2D eigenvalue weighted by Crippen LogP contribution is -2.48. The SMILES string of the molecule is CC1CN(Cc2cnc(N(C)C)s2)CCN1. The van der Waals surface area contributed by atoms with Gasteiger partial charge in [-0.2, -0.15) is 0 Å². The Morgan fingerprint density at radius 2 is 2.44 bits per heavy atom. The summed E-state index contributed by atoms with van der Waals surface area (Å²) in [6.07, 6.45) is 2.01. The van der Waals surface area contributed by atoms with Gasteiger partial charge in [-0.25, -0.2) is 4.98 Å². The summed E-state index contributed by atoms with van der Waals surface area (Å²) in [6, 6.07) is 0.606. The molecule has 0 amide bonds. The van der Waals surface area contributed by atoms with Crippen molar-refractivity contribution in [3.8, 4) is 0 Å². The minimum Gasteiger partial charge on any atom is -0.354 e. The van der Waals surface area contributed by atoms with Gasteiger partial charge < -0.3 is 10.2 Å². The van der Waals surface area contributed by atoms with Crippen molar-refractivity contribution in [2.45, 2.75) is 19.5 Å². The Labute approximate surface area is 101 Å². The van der Waals surface area contributed by atoms with Crippen LogP contribution in [0.15, 0.2) is 6.20 Å². The Kier molecular flexibility index (Phi) is 3.78. The van der Waals surface area contributed by atoms with Crippen LogP contribution in [0.3, 0.4) is 0 Å². The number of aromatic nitrogens is 1. The first-order valence-electron chi connectivity index (χ1n) is 5.73. The van der Waals surface area contributed by atoms with E-state index in [-0.39, 0.29) is 0 Å². The third-order valence-corrected chi connectivity index (χ3v) is 3.91. The van der Waals surface area contributed by atoms with Crippen LogP contribution in [0.5, 0.6) is 0 Å². The monoisotopic (exact) mass is 240 g/mol. The molecule has 1 aliphatic heterocycles. The minimum atomic E-state index is 0.606. The second-order valence-corrected chi connectivity index (χ2v) is 5.69. The predicted octanol–water partition coefficient (Wildman–Crippen LogP) is 1.00. The first-order chi connectivity index (χ1) is 7.65. The molecule has 0 aromatic carbocycles. The molecule has 1 saturated heterocycles. The van der Waals surface area contributed by atoms with E-state index in [1.807, 2.05) is 20.3 Å². The molecular weight excluding hydrogens is 220 g/mol. The zero-order valence-electron chi connectivity index (χ0n) is 10.2. The number of hydrogen-bond donors (Lipinski definition) is 1. The number of piperazine rings is 1. The molecule has 1 aromatic rings. The van der Waals surface area contributed by atoms with Gasteiger partial charge in [0.05, 0.1) is 0 Å². The van der Waals surface area contributed by atoms with Crippen molar-refractivity contribution < 1.29 is 0 Å². The summed E-state index contributed by atoms with van der Waals surface area (Å²) in [5.41, 5.74) is 0. The van der Waals surface area contributed by atoms with E-state index in [0.29, 0.717) is 6.04 Å². The lowest BCUT2D eigenvalue weighted by molar-refractivity contribution is 0.201. The fourth-order valence-corrected chi connectivity index (χ4v) is 2.83. The fourth-order valence-electron chi connectivity index (χ4n) is 1.95. The minimum absolute atomic E-state index is 0.606. The van der Waals surface area contributed by atoms with Crippen LogP contribution < -0.4 is 10.2 Å². The van der Waals surface area contributed by atoms with E-state index in [1.165, 1.54) is 4.88 Å². The van der Waals surface area contributed by atoms with Gasteiger partial charge in [0, 0.05) is 57.4 Å². The molecule has 4 nitrogen and oxygen atoms in total. The van der Waals surface area contributed by atoms with E-state index in [1.54, 1.807) is 11.3 Å². The summed E-state index contributed by atoms with van der Waals surface area (Å²) in [6.45, 7) is 6.65. The quantitative estimate of drug-likeness (QED) is 0.854. The summed E-state index contributed by atoms with van der Waals surface area (Å²) >= 11 is 1.79. The Morgan fingerprint density at radius 3 is 3.06 bits per heavy atom. The second-order valence-electron chi connectivity index (χ2n) is 4.59. The molecule has 90 valence electrons. The average Bonchev–Trinajstić information content (AvgIpc) is 2.66. The molecule has 1 atom stereocenters. The topological polar surface area (TPSA) is 31.4 Å². The molecule has 1 unspecified atom stereocenters. The second kappa shape index (κ2) is 5.12. The van der Waals surface area contributed by atoms with E-state index in [2.05, 4.69) is 27.0 Å². The largest absolute Gasteiger partial charge is 0.354 e. The highest BCUT2D eigenvalue weighted by atomic mass is 32.1. The van der Waals surface area contributed by atoms with Crippen LogP contribution in [-0.4, -0.2) is 49.7 Å². The highest BCUT2D eigenvalue weighted by Crippen LogP contribution is 2.21. The van der Waals surface area contributed by atoms with E-state index >= 15 is 0 Å². The summed E-state index contributed by atoms with van der Waals surface area (Å²) in [4.78, 5) is 10.3. The van der Waals surface area contributed by atoms with Crippen LogP contribution in [0.4, 0.5) is 5.13 Å². The van der Waals surface area contributed by atoms with Crippen molar-refractivity contribution in [1.29, 1.82) is 0 Å². The summed E-state index contributed by atoms with van der Waals surface area (Å²) < 4.78 is 0. The van der Waals surface area contributed by atoms with Gasteiger partial charge in [-0.15, -0.1) is 11.3 Å². The van der Waals surface area contributed by atoms with Crippen LogP contribution in [0, 0.1) is 0 Å². The zero-order chi connectivity index (χ0) is 11.5. The smallest absolute Gasteiger partial charge is 0.185 e. The third-order valence-electron chi connectivity index (χ3n) is 2.76. The van der Waals surface area contributed by atoms with Gasteiger partial charge >= 0.3 is 0 Å². The molecule has 2 heterocycles. The van der Waals surface area contributed by atoms with E-state index in [9.17, 15) is 0 Å². The van der Waals surface area contributed by atoms with Gasteiger partial charge in [0.1, 0.15) is 0 Å².